The van der Waals surface area contributed by atoms with Crippen LogP contribution in [0.3, 0.4) is 0 Å². The van der Waals surface area contributed by atoms with E-state index in [-0.39, 0.29) is 25.5 Å². The molecule has 250 valence electrons. The second-order valence-electron chi connectivity index (χ2n) is 13.0. The summed E-state index contributed by atoms with van der Waals surface area (Å²) in [5.41, 5.74) is 8.71. The highest BCUT2D eigenvalue weighted by atomic mass is 16.5. The fraction of sp³-hybridized carbons (Fsp3) is 0.389. The van der Waals surface area contributed by atoms with Crippen molar-refractivity contribution in [3.63, 3.8) is 0 Å². The molecule has 0 spiro atoms. The molecular formula is C36H45N5O6. The van der Waals surface area contributed by atoms with E-state index in [0.29, 0.717) is 13.0 Å². The molecule has 47 heavy (non-hydrogen) atoms. The van der Waals surface area contributed by atoms with Gasteiger partial charge in [0.2, 0.25) is 17.7 Å². The summed E-state index contributed by atoms with van der Waals surface area (Å²) >= 11 is 0. The highest BCUT2D eigenvalue weighted by Crippen LogP contribution is 2.25. The number of hydrogen-bond donors (Lipinski definition) is 5. The topological polar surface area (TPSA) is 163 Å². The molecule has 0 aromatic heterocycles. The lowest BCUT2D eigenvalue weighted by atomic mass is 9.91. The Bertz CT molecular complexity index is 1510. The van der Waals surface area contributed by atoms with Crippen LogP contribution in [0, 0.1) is 0 Å². The maximum atomic E-state index is 13.6. The van der Waals surface area contributed by atoms with Crippen LogP contribution in [0.5, 0.6) is 0 Å². The summed E-state index contributed by atoms with van der Waals surface area (Å²) < 4.78 is 5.26. The van der Waals surface area contributed by atoms with E-state index in [1.807, 2.05) is 86.3 Å². The molecule has 4 atom stereocenters. The Balaban J connectivity index is 1.52. The van der Waals surface area contributed by atoms with E-state index in [1.165, 1.54) is 0 Å². The monoisotopic (exact) mass is 643 g/mol. The molecule has 0 bridgehead atoms. The fourth-order valence-corrected chi connectivity index (χ4v) is 5.60. The van der Waals surface area contributed by atoms with Crippen LogP contribution in [0.4, 0.5) is 4.79 Å². The van der Waals surface area contributed by atoms with Crippen molar-refractivity contribution in [2.24, 2.45) is 5.73 Å². The average molecular weight is 644 g/mol. The first-order chi connectivity index (χ1) is 22.4. The van der Waals surface area contributed by atoms with Gasteiger partial charge in [0.15, 0.2) is 0 Å². The molecule has 1 aliphatic rings. The van der Waals surface area contributed by atoms with E-state index >= 15 is 0 Å². The zero-order chi connectivity index (χ0) is 34.0. The number of ether oxygens (including phenoxy) is 1. The number of rotatable bonds is 13. The van der Waals surface area contributed by atoms with Crippen LogP contribution in [-0.2, 0) is 45.1 Å². The SMILES string of the molecule is CC(C)(C)NC(=O)C1Cc2ccccc2CN1C[C@@H](O)[C@H](Cc1ccccc1)NC(=O)[C@H](CC(N)=O)NC(=O)OCc1ccccc1. The minimum absolute atomic E-state index is 0.0319. The van der Waals surface area contributed by atoms with Crippen molar-refractivity contribution in [3.05, 3.63) is 107 Å². The van der Waals surface area contributed by atoms with Gasteiger partial charge in [0, 0.05) is 18.6 Å². The highest BCUT2D eigenvalue weighted by molar-refractivity contribution is 5.90. The van der Waals surface area contributed by atoms with Gasteiger partial charge in [0.1, 0.15) is 12.6 Å². The Hall–Kier alpha value is -4.74. The van der Waals surface area contributed by atoms with E-state index in [2.05, 4.69) is 16.0 Å². The molecule has 3 aromatic rings. The van der Waals surface area contributed by atoms with Gasteiger partial charge in [0.25, 0.3) is 0 Å². The summed E-state index contributed by atoms with van der Waals surface area (Å²) in [6.45, 7) is 6.22. The molecule has 1 aliphatic heterocycles. The van der Waals surface area contributed by atoms with Gasteiger partial charge in [-0.05, 0) is 55.9 Å². The number of nitrogens with one attached hydrogen (secondary N) is 3. The number of carbonyl (C=O) groups is 4. The van der Waals surface area contributed by atoms with E-state index in [9.17, 15) is 24.3 Å². The van der Waals surface area contributed by atoms with Crippen molar-refractivity contribution in [1.29, 1.82) is 0 Å². The first kappa shape index (κ1) is 35.1. The maximum Gasteiger partial charge on any atom is 0.408 e. The van der Waals surface area contributed by atoms with Gasteiger partial charge in [0.05, 0.1) is 24.6 Å². The summed E-state index contributed by atoms with van der Waals surface area (Å²) in [7, 11) is 0. The average Bonchev–Trinajstić information content (AvgIpc) is 3.02. The summed E-state index contributed by atoms with van der Waals surface area (Å²) in [6.07, 6.45) is -1.78. The molecule has 0 saturated heterocycles. The molecular weight excluding hydrogens is 598 g/mol. The number of amides is 4. The number of nitrogens with zero attached hydrogens (tertiary/aromatic N) is 1. The normalized spacial score (nSPS) is 16.6. The van der Waals surface area contributed by atoms with Crippen molar-refractivity contribution in [1.82, 2.24) is 20.9 Å². The van der Waals surface area contributed by atoms with Crippen LogP contribution in [0.25, 0.3) is 0 Å². The third kappa shape index (κ3) is 10.9. The van der Waals surface area contributed by atoms with Gasteiger partial charge >= 0.3 is 6.09 Å². The van der Waals surface area contributed by atoms with Crippen LogP contribution in [-0.4, -0.2) is 70.1 Å². The predicted molar refractivity (Wildman–Crippen MR) is 178 cm³/mol. The van der Waals surface area contributed by atoms with E-state index in [0.717, 1.165) is 22.3 Å². The van der Waals surface area contributed by atoms with Crippen molar-refractivity contribution < 1.29 is 29.0 Å². The fourth-order valence-electron chi connectivity index (χ4n) is 5.60. The van der Waals surface area contributed by atoms with Crippen molar-refractivity contribution in [3.8, 4) is 0 Å². The zero-order valence-corrected chi connectivity index (χ0v) is 27.1. The largest absolute Gasteiger partial charge is 0.445 e. The first-order valence-corrected chi connectivity index (χ1v) is 15.8. The maximum absolute atomic E-state index is 13.6. The van der Waals surface area contributed by atoms with E-state index < -0.39 is 54.1 Å². The summed E-state index contributed by atoms with van der Waals surface area (Å²) in [5.74, 6) is -1.65. The quantitative estimate of drug-likeness (QED) is 0.191. The number of aliphatic hydroxyl groups is 1. The molecule has 1 unspecified atom stereocenters. The third-order valence-corrected chi connectivity index (χ3v) is 7.89. The molecule has 6 N–H and O–H groups in total. The second-order valence-corrected chi connectivity index (χ2v) is 13.0. The lowest BCUT2D eigenvalue weighted by Gasteiger charge is -2.39. The molecule has 3 aromatic carbocycles. The Morgan fingerprint density at radius 3 is 2.11 bits per heavy atom. The summed E-state index contributed by atoms with van der Waals surface area (Å²) in [6, 6.07) is 23.5. The van der Waals surface area contributed by atoms with Crippen LogP contribution in [0.1, 0.15) is 49.4 Å². The predicted octanol–water partition coefficient (Wildman–Crippen LogP) is 2.59. The lowest BCUT2D eigenvalue weighted by Crippen LogP contribution is -2.59. The zero-order valence-electron chi connectivity index (χ0n) is 27.1. The molecule has 11 nitrogen and oxygen atoms in total. The Morgan fingerprint density at radius 2 is 1.49 bits per heavy atom. The molecule has 0 radical (unpaired) electrons. The molecule has 4 amide bonds. The smallest absolute Gasteiger partial charge is 0.408 e. The molecule has 11 heteroatoms. The summed E-state index contributed by atoms with van der Waals surface area (Å²) in [4.78, 5) is 53.6. The van der Waals surface area contributed by atoms with Gasteiger partial charge in [-0.15, -0.1) is 0 Å². The van der Waals surface area contributed by atoms with E-state index in [4.69, 9.17) is 10.5 Å². The molecule has 1 heterocycles. The van der Waals surface area contributed by atoms with Crippen LogP contribution in [0.15, 0.2) is 84.9 Å². The van der Waals surface area contributed by atoms with E-state index in [1.54, 1.807) is 24.3 Å². The van der Waals surface area contributed by atoms with Gasteiger partial charge < -0.3 is 31.5 Å². The number of hydrogen-bond acceptors (Lipinski definition) is 7. The van der Waals surface area contributed by atoms with Crippen LogP contribution in [0.2, 0.25) is 0 Å². The van der Waals surface area contributed by atoms with Crippen LogP contribution < -0.4 is 21.7 Å². The van der Waals surface area contributed by atoms with Crippen molar-refractivity contribution >= 4 is 23.8 Å². The van der Waals surface area contributed by atoms with Gasteiger partial charge in [-0.1, -0.05) is 84.9 Å². The van der Waals surface area contributed by atoms with Crippen molar-refractivity contribution in [2.45, 2.75) is 83.0 Å². The van der Waals surface area contributed by atoms with Gasteiger partial charge in [-0.25, -0.2) is 4.79 Å². The second kappa shape index (κ2) is 16.2. The highest BCUT2D eigenvalue weighted by Gasteiger charge is 2.36. The number of benzene rings is 3. The number of carbonyl (C=O) groups excluding carboxylic acids is 4. The minimum Gasteiger partial charge on any atom is -0.445 e. The number of nitrogens with two attached hydrogens (primary N) is 1. The Kier molecular flexibility index (Phi) is 12.1. The first-order valence-electron chi connectivity index (χ1n) is 15.8. The number of aliphatic hydroxyl groups excluding tert-OH is 1. The lowest BCUT2D eigenvalue weighted by molar-refractivity contribution is -0.130. The minimum atomic E-state index is -1.34. The molecule has 4 rings (SSSR count). The third-order valence-electron chi connectivity index (χ3n) is 7.89. The number of fused-ring (bicyclic) bond motifs is 1. The number of primary amides is 1. The van der Waals surface area contributed by atoms with Crippen molar-refractivity contribution in [2.75, 3.05) is 6.54 Å². The number of alkyl carbamates (subject to hydrolysis) is 1. The Morgan fingerprint density at radius 1 is 0.894 bits per heavy atom. The Labute approximate surface area is 275 Å². The number of β-amino-alcohol motifs (C(OH)–C–C–N with tert-alkyl or cyclic N) is 1. The van der Waals surface area contributed by atoms with Gasteiger partial charge in [-0.2, -0.15) is 0 Å². The van der Waals surface area contributed by atoms with Crippen LogP contribution >= 0.6 is 0 Å². The molecule has 0 fully saturated rings. The van der Waals surface area contributed by atoms with Gasteiger partial charge in [-0.3, -0.25) is 19.3 Å². The standard InChI is InChI=1S/C36H45N5O6/c1-36(2,3)40-34(45)30-19-26-16-10-11-17-27(26)21-41(30)22-31(42)28(18-24-12-6-4-7-13-24)38-33(44)29(20-32(37)43)39-35(46)47-23-25-14-8-5-9-15-25/h4-17,28-31,42H,18-23H2,1-3H3,(H2,37,43)(H,38,44)(H,39,46)(H,40,45)/t28-,29-,30?,31+/m0/s1. The molecule has 0 aliphatic carbocycles. The molecule has 0 saturated carbocycles. The summed E-state index contributed by atoms with van der Waals surface area (Å²) in [5, 5.41) is 20.1.